The molecule has 1 aliphatic rings. The number of benzene rings is 1. The maximum atomic E-state index is 12.7. The molecule has 0 amide bonds. The van der Waals surface area contributed by atoms with E-state index in [4.69, 9.17) is 5.73 Å². The van der Waals surface area contributed by atoms with Crippen molar-refractivity contribution in [3.05, 3.63) is 23.3 Å². The van der Waals surface area contributed by atoms with E-state index < -0.39 is 28.8 Å². The van der Waals surface area contributed by atoms with E-state index in [-0.39, 0.29) is 4.90 Å². The van der Waals surface area contributed by atoms with Gasteiger partial charge in [0.1, 0.15) is 6.54 Å². The first-order valence-electron chi connectivity index (χ1n) is 6.47. The van der Waals surface area contributed by atoms with Crippen LogP contribution in [0.4, 0.5) is 18.9 Å². The van der Waals surface area contributed by atoms with Crippen molar-refractivity contribution in [3.63, 3.8) is 0 Å². The second-order valence-electron chi connectivity index (χ2n) is 5.38. The van der Waals surface area contributed by atoms with E-state index in [1.807, 2.05) is 0 Å². The number of halogens is 3. The van der Waals surface area contributed by atoms with Gasteiger partial charge in [-0.3, -0.25) is 0 Å². The Morgan fingerprint density at radius 2 is 1.71 bits per heavy atom. The molecule has 0 unspecified atom stereocenters. The number of rotatable bonds is 4. The van der Waals surface area contributed by atoms with E-state index in [1.54, 1.807) is 0 Å². The summed E-state index contributed by atoms with van der Waals surface area (Å²) in [5.74, 6) is 0. The van der Waals surface area contributed by atoms with Crippen LogP contribution in [0.15, 0.2) is 17.0 Å². The minimum Gasteiger partial charge on any atom is -0.399 e. The monoisotopic (exact) mass is 322 g/mol. The molecule has 0 saturated heterocycles. The Morgan fingerprint density at radius 3 is 2.10 bits per heavy atom. The second-order valence-corrected chi connectivity index (χ2v) is 7.21. The molecule has 0 spiro atoms. The highest BCUT2D eigenvalue weighted by atomic mass is 32.2. The molecule has 1 aromatic rings. The van der Waals surface area contributed by atoms with Crippen LogP contribution in [0.5, 0.6) is 0 Å². The zero-order valence-corrected chi connectivity index (χ0v) is 12.6. The molecule has 118 valence electrons. The number of aryl methyl sites for hydroxylation is 2. The third-order valence-corrected chi connectivity index (χ3v) is 5.54. The largest absolute Gasteiger partial charge is 0.402 e. The number of hydrogen-bond donors (Lipinski definition) is 1. The van der Waals surface area contributed by atoms with Gasteiger partial charge < -0.3 is 5.73 Å². The van der Waals surface area contributed by atoms with Gasteiger partial charge >= 0.3 is 6.18 Å². The van der Waals surface area contributed by atoms with Gasteiger partial charge in [-0.15, -0.1) is 0 Å². The molecule has 0 aliphatic heterocycles. The number of sulfonamides is 1. The van der Waals surface area contributed by atoms with Crippen LogP contribution in [-0.2, 0) is 10.0 Å². The van der Waals surface area contributed by atoms with E-state index in [1.165, 1.54) is 26.0 Å². The molecule has 8 heteroatoms. The molecule has 0 atom stereocenters. The summed E-state index contributed by atoms with van der Waals surface area (Å²) in [4.78, 5) is -0.0761. The molecule has 0 aromatic heterocycles. The van der Waals surface area contributed by atoms with Crippen molar-refractivity contribution >= 4 is 15.7 Å². The van der Waals surface area contributed by atoms with Gasteiger partial charge in [0.2, 0.25) is 10.0 Å². The maximum absolute atomic E-state index is 12.7. The minimum absolute atomic E-state index is 0.0761. The van der Waals surface area contributed by atoms with Gasteiger partial charge in [0.25, 0.3) is 0 Å². The first-order chi connectivity index (χ1) is 9.52. The van der Waals surface area contributed by atoms with Gasteiger partial charge in [-0.25, -0.2) is 8.42 Å². The highest BCUT2D eigenvalue weighted by molar-refractivity contribution is 7.89. The molecule has 1 aromatic carbocycles. The highest BCUT2D eigenvalue weighted by Crippen LogP contribution is 2.36. The fourth-order valence-electron chi connectivity index (χ4n) is 2.46. The fourth-order valence-corrected chi connectivity index (χ4v) is 4.54. The van der Waals surface area contributed by atoms with Crippen molar-refractivity contribution in [2.45, 2.75) is 43.8 Å². The van der Waals surface area contributed by atoms with Gasteiger partial charge in [-0.1, -0.05) is 0 Å². The first-order valence-corrected chi connectivity index (χ1v) is 7.91. The van der Waals surface area contributed by atoms with Crippen LogP contribution in [0, 0.1) is 13.8 Å². The normalized spacial score (nSPS) is 16.5. The summed E-state index contributed by atoms with van der Waals surface area (Å²) >= 11 is 0. The summed E-state index contributed by atoms with van der Waals surface area (Å²) in [5.41, 5.74) is 6.74. The summed E-state index contributed by atoms with van der Waals surface area (Å²) in [5, 5.41) is 0. The number of hydrogen-bond acceptors (Lipinski definition) is 3. The average molecular weight is 322 g/mol. The summed E-state index contributed by atoms with van der Waals surface area (Å²) in [6, 6.07) is 2.35. The van der Waals surface area contributed by atoms with Crippen molar-refractivity contribution in [1.82, 2.24) is 4.31 Å². The van der Waals surface area contributed by atoms with Crippen LogP contribution in [0.1, 0.15) is 24.0 Å². The lowest BCUT2D eigenvalue weighted by Gasteiger charge is -2.25. The Hall–Kier alpha value is -1.28. The minimum atomic E-state index is -4.56. The molecule has 0 radical (unpaired) electrons. The molecule has 0 bridgehead atoms. The number of nitrogen functional groups attached to an aromatic ring is 1. The summed E-state index contributed by atoms with van der Waals surface area (Å²) < 4.78 is 63.9. The van der Waals surface area contributed by atoms with E-state index >= 15 is 0 Å². The van der Waals surface area contributed by atoms with Crippen LogP contribution < -0.4 is 5.73 Å². The van der Waals surface area contributed by atoms with Crippen LogP contribution in [0.3, 0.4) is 0 Å². The third kappa shape index (κ3) is 3.49. The zero-order chi connectivity index (χ0) is 16.0. The molecular weight excluding hydrogens is 305 g/mol. The van der Waals surface area contributed by atoms with Gasteiger partial charge in [0.15, 0.2) is 0 Å². The maximum Gasteiger partial charge on any atom is 0.402 e. The third-order valence-electron chi connectivity index (χ3n) is 3.34. The van der Waals surface area contributed by atoms with Crippen LogP contribution in [0.25, 0.3) is 0 Å². The Morgan fingerprint density at radius 1 is 1.24 bits per heavy atom. The van der Waals surface area contributed by atoms with Crippen molar-refractivity contribution < 1.29 is 21.6 Å². The molecule has 0 heterocycles. The number of nitrogens with zero attached hydrogens (tertiary/aromatic N) is 1. The van der Waals surface area contributed by atoms with Gasteiger partial charge in [0.05, 0.1) is 4.90 Å². The molecular formula is C13H17F3N2O2S. The van der Waals surface area contributed by atoms with Crippen molar-refractivity contribution in [2.24, 2.45) is 0 Å². The predicted molar refractivity (Wildman–Crippen MR) is 73.3 cm³/mol. The average Bonchev–Trinajstić information content (AvgIpc) is 3.05. The lowest BCUT2D eigenvalue weighted by atomic mass is 10.1. The van der Waals surface area contributed by atoms with E-state index in [9.17, 15) is 21.6 Å². The van der Waals surface area contributed by atoms with Gasteiger partial charge in [-0.2, -0.15) is 17.5 Å². The van der Waals surface area contributed by atoms with Crippen molar-refractivity contribution in [3.8, 4) is 0 Å². The molecule has 21 heavy (non-hydrogen) atoms. The molecule has 1 saturated carbocycles. The number of anilines is 1. The Kier molecular flexibility index (Phi) is 3.96. The number of alkyl halides is 3. The first kappa shape index (κ1) is 16.1. The molecule has 4 nitrogen and oxygen atoms in total. The SMILES string of the molecule is Cc1cc(N)cc(C)c1S(=O)(=O)N(CC(F)(F)F)C1CC1. The van der Waals surface area contributed by atoms with Crippen LogP contribution in [-0.4, -0.2) is 31.5 Å². The lowest BCUT2D eigenvalue weighted by molar-refractivity contribution is -0.137. The van der Waals surface area contributed by atoms with Crippen molar-refractivity contribution in [1.29, 1.82) is 0 Å². The number of nitrogens with two attached hydrogens (primary N) is 1. The van der Waals surface area contributed by atoms with E-state index in [0.717, 1.165) is 0 Å². The van der Waals surface area contributed by atoms with Gasteiger partial charge in [-0.05, 0) is 49.9 Å². The predicted octanol–water partition coefficient (Wildman–Crippen LogP) is 2.60. The van der Waals surface area contributed by atoms with Crippen LogP contribution in [0.2, 0.25) is 0 Å². The smallest absolute Gasteiger partial charge is 0.399 e. The van der Waals surface area contributed by atoms with Crippen LogP contribution >= 0.6 is 0 Å². The quantitative estimate of drug-likeness (QED) is 0.867. The lowest BCUT2D eigenvalue weighted by Crippen LogP contribution is -2.41. The summed E-state index contributed by atoms with van der Waals surface area (Å²) in [6.07, 6.45) is -3.64. The zero-order valence-electron chi connectivity index (χ0n) is 11.7. The topological polar surface area (TPSA) is 63.4 Å². The summed E-state index contributed by atoms with van der Waals surface area (Å²) in [7, 11) is -4.19. The van der Waals surface area contributed by atoms with Crippen molar-refractivity contribution in [2.75, 3.05) is 12.3 Å². The Balaban J connectivity index is 2.49. The fraction of sp³-hybridized carbons (Fsp3) is 0.538. The van der Waals surface area contributed by atoms with E-state index in [2.05, 4.69) is 0 Å². The molecule has 1 fully saturated rings. The summed E-state index contributed by atoms with van der Waals surface area (Å²) in [6.45, 7) is 1.62. The highest BCUT2D eigenvalue weighted by Gasteiger charge is 2.45. The molecule has 2 rings (SSSR count). The Labute approximate surface area is 121 Å². The molecule has 1 aliphatic carbocycles. The van der Waals surface area contributed by atoms with E-state index in [0.29, 0.717) is 34.0 Å². The molecule has 2 N–H and O–H groups in total. The standard InChI is InChI=1S/C13H17F3N2O2S/c1-8-5-10(17)6-9(2)12(8)21(19,20)18(11-3-4-11)7-13(14,15)16/h5-6,11H,3-4,7,17H2,1-2H3. The second kappa shape index (κ2) is 5.17. The van der Waals surface area contributed by atoms with Gasteiger partial charge in [0, 0.05) is 11.7 Å². The Bertz CT molecular complexity index is 629.